The van der Waals surface area contributed by atoms with Crippen molar-refractivity contribution in [1.82, 2.24) is 0 Å². The Morgan fingerprint density at radius 3 is 2.09 bits per heavy atom. The number of benzene rings is 1. The van der Waals surface area contributed by atoms with Gasteiger partial charge in [-0.2, -0.15) is 0 Å². The van der Waals surface area contributed by atoms with E-state index in [1.54, 1.807) is 0 Å². The quantitative estimate of drug-likeness (QED) is 0.159. The van der Waals surface area contributed by atoms with Gasteiger partial charge in [-0.05, 0) is 106 Å². The minimum atomic E-state index is -0.160. The van der Waals surface area contributed by atoms with Gasteiger partial charge in [0.25, 0.3) is 0 Å². The van der Waals surface area contributed by atoms with E-state index in [4.69, 9.17) is 9.47 Å². The average Bonchev–Trinajstić information content (AvgIpc) is 2.93. The van der Waals surface area contributed by atoms with Crippen LogP contribution in [0.5, 0.6) is 11.5 Å². The second-order valence-electron chi connectivity index (χ2n) is 15.1. The lowest BCUT2D eigenvalue weighted by Crippen LogP contribution is -2.36. The lowest BCUT2D eigenvalue weighted by Gasteiger charge is -2.37. The first-order chi connectivity index (χ1) is 20.6. The summed E-state index contributed by atoms with van der Waals surface area (Å²) >= 11 is 0. The molecule has 0 unspecified atom stereocenters. The van der Waals surface area contributed by atoms with Crippen molar-refractivity contribution in [3.8, 4) is 11.5 Å². The minimum absolute atomic E-state index is 0.112. The molecule has 3 nitrogen and oxygen atoms in total. The molecule has 1 aliphatic carbocycles. The molecular weight excluding hydrogens is 528 g/mol. The fourth-order valence-corrected chi connectivity index (χ4v) is 7.13. The van der Waals surface area contributed by atoms with Gasteiger partial charge in [0.2, 0.25) is 0 Å². The zero-order valence-electron chi connectivity index (χ0n) is 29.0. The normalized spacial score (nSPS) is 22.7. The number of fused-ring (bicyclic) bond motifs is 1. The number of rotatable bonds is 14. The van der Waals surface area contributed by atoms with Gasteiger partial charge in [-0.3, -0.25) is 0 Å². The molecule has 0 spiro atoms. The first-order valence-electron chi connectivity index (χ1n) is 18.4. The van der Waals surface area contributed by atoms with Crippen LogP contribution in [-0.2, 0) is 11.2 Å². The molecule has 3 rings (SSSR count). The Bertz CT molecular complexity index is 992. The van der Waals surface area contributed by atoms with Crippen molar-refractivity contribution in [3.05, 3.63) is 34.9 Å². The van der Waals surface area contributed by atoms with E-state index in [2.05, 4.69) is 53.7 Å². The molecule has 0 saturated carbocycles. The number of ether oxygens (including phenoxy) is 2. The molecule has 0 bridgehead atoms. The van der Waals surface area contributed by atoms with Crippen molar-refractivity contribution in [2.45, 2.75) is 182 Å². The number of allylic oxidation sites excluding steroid dienone is 1. The van der Waals surface area contributed by atoms with E-state index < -0.39 is 0 Å². The van der Waals surface area contributed by atoms with Crippen molar-refractivity contribution in [2.24, 2.45) is 17.8 Å². The van der Waals surface area contributed by atoms with E-state index in [0.29, 0.717) is 5.75 Å². The lowest BCUT2D eigenvalue weighted by atomic mass is 9.85. The van der Waals surface area contributed by atoms with Crippen LogP contribution in [0.2, 0.25) is 0 Å². The first-order valence-corrected chi connectivity index (χ1v) is 18.4. The number of carbonyl (C=O) groups is 1. The van der Waals surface area contributed by atoms with Gasteiger partial charge in [0.05, 0.1) is 0 Å². The minimum Gasteiger partial charge on any atom is -0.487 e. The smallest absolute Gasteiger partial charge is 0.339 e. The molecule has 0 N–H and O–H groups in total. The molecule has 2 aliphatic rings. The highest BCUT2D eigenvalue weighted by Gasteiger charge is 2.32. The van der Waals surface area contributed by atoms with E-state index in [1.165, 1.54) is 102 Å². The highest BCUT2D eigenvalue weighted by molar-refractivity contribution is 5.90. The highest BCUT2D eigenvalue weighted by atomic mass is 16.5. The summed E-state index contributed by atoms with van der Waals surface area (Å²) in [5.41, 5.74) is 3.02. The largest absolute Gasteiger partial charge is 0.487 e. The van der Waals surface area contributed by atoms with Crippen molar-refractivity contribution in [1.29, 1.82) is 0 Å². The second kappa shape index (κ2) is 18.9. The Hall–Kier alpha value is -1.77. The maximum absolute atomic E-state index is 13.2. The average molecular weight is 595 g/mol. The molecule has 0 aromatic heterocycles. The number of carbonyl (C=O) groups excluding carboxylic acids is 1. The highest BCUT2D eigenvalue weighted by Crippen LogP contribution is 2.40. The fraction of sp³-hybridized carbons (Fsp3) is 0.775. The van der Waals surface area contributed by atoms with Crippen molar-refractivity contribution in [3.63, 3.8) is 0 Å². The van der Waals surface area contributed by atoms with Crippen LogP contribution >= 0.6 is 0 Å². The Morgan fingerprint density at radius 2 is 1.42 bits per heavy atom. The van der Waals surface area contributed by atoms with Gasteiger partial charge in [-0.25, -0.2) is 4.79 Å². The molecular formula is C40H66O3. The monoisotopic (exact) mass is 595 g/mol. The lowest BCUT2D eigenvalue weighted by molar-refractivity contribution is -0.130. The molecule has 43 heavy (non-hydrogen) atoms. The van der Waals surface area contributed by atoms with Crippen molar-refractivity contribution >= 4 is 5.97 Å². The third-order valence-electron chi connectivity index (χ3n) is 10.1. The Kier molecular flexibility index (Phi) is 15.7. The van der Waals surface area contributed by atoms with Crippen LogP contribution in [0.15, 0.2) is 23.8 Å². The molecule has 3 atom stereocenters. The Labute approximate surface area is 266 Å². The molecule has 244 valence electrons. The molecule has 1 aromatic rings. The summed E-state index contributed by atoms with van der Waals surface area (Å²) < 4.78 is 12.7. The summed E-state index contributed by atoms with van der Waals surface area (Å²) in [7, 11) is 0. The Morgan fingerprint density at radius 1 is 0.814 bits per heavy atom. The maximum atomic E-state index is 13.2. The third kappa shape index (κ3) is 13.4. The van der Waals surface area contributed by atoms with Crippen molar-refractivity contribution < 1.29 is 14.3 Å². The molecule has 0 saturated heterocycles. The predicted octanol–water partition coefficient (Wildman–Crippen LogP) is 12.3. The SMILES string of the molecule is Cc1cc(OC(=O)/C2=C/CCCCCCCCCC2)cc2c1O[C@](C)(CCC[C@H](C)CCC[C@H](C)CCCC(C)C)CC2. The summed E-state index contributed by atoms with van der Waals surface area (Å²) in [6, 6.07) is 4.06. The van der Waals surface area contributed by atoms with Crippen LogP contribution in [0.3, 0.4) is 0 Å². The van der Waals surface area contributed by atoms with Crippen LogP contribution in [0.4, 0.5) is 0 Å². The summed E-state index contributed by atoms with van der Waals surface area (Å²) in [6.45, 7) is 13.9. The van der Waals surface area contributed by atoms with E-state index in [-0.39, 0.29) is 11.6 Å². The van der Waals surface area contributed by atoms with E-state index in [1.807, 2.05) is 6.07 Å². The summed E-state index contributed by atoms with van der Waals surface area (Å²) in [5.74, 6) is 4.02. The topological polar surface area (TPSA) is 35.5 Å². The second-order valence-corrected chi connectivity index (χ2v) is 15.1. The maximum Gasteiger partial charge on any atom is 0.339 e. The van der Waals surface area contributed by atoms with Crippen LogP contribution in [0.1, 0.15) is 174 Å². The number of esters is 1. The van der Waals surface area contributed by atoms with E-state index in [9.17, 15) is 4.79 Å². The van der Waals surface area contributed by atoms with Gasteiger partial charge in [0.1, 0.15) is 17.1 Å². The van der Waals surface area contributed by atoms with Crippen LogP contribution in [-0.4, -0.2) is 11.6 Å². The van der Waals surface area contributed by atoms with Crippen LogP contribution in [0.25, 0.3) is 0 Å². The zero-order valence-corrected chi connectivity index (χ0v) is 29.0. The fourth-order valence-electron chi connectivity index (χ4n) is 7.13. The summed E-state index contributed by atoms with van der Waals surface area (Å²) in [6.07, 6.45) is 27.8. The van der Waals surface area contributed by atoms with Crippen LogP contribution in [0, 0.1) is 24.7 Å². The molecule has 0 amide bonds. The van der Waals surface area contributed by atoms with Gasteiger partial charge in [0, 0.05) is 5.57 Å². The van der Waals surface area contributed by atoms with Gasteiger partial charge in [-0.1, -0.05) is 117 Å². The van der Waals surface area contributed by atoms with E-state index in [0.717, 1.165) is 73.2 Å². The van der Waals surface area contributed by atoms with Gasteiger partial charge >= 0.3 is 5.97 Å². The van der Waals surface area contributed by atoms with Gasteiger partial charge in [-0.15, -0.1) is 0 Å². The molecule has 3 heteroatoms. The number of hydrogen-bond acceptors (Lipinski definition) is 3. The zero-order chi connectivity index (χ0) is 31.1. The predicted molar refractivity (Wildman–Crippen MR) is 183 cm³/mol. The standard InChI is InChI=1S/C40H66O3/c1-31(2)19-16-20-32(3)21-17-22-33(4)23-18-27-40(6)28-26-36-30-37(29-34(5)38(36)43-40)42-39(41)35-24-14-12-10-8-7-9-11-13-15-25-35/h24,29-33H,7-23,25-28H2,1-6H3/b35-24+/t32-,33-,40-/m1/s1. The van der Waals surface area contributed by atoms with Gasteiger partial charge < -0.3 is 9.47 Å². The van der Waals surface area contributed by atoms with Crippen molar-refractivity contribution in [2.75, 3.05) is 0 Å². The Balaban J connectivity index is 1.45. The molecule has 0 radical (unpaired) electrons. The number of aryl methyl sites for hydroxylation is 2. The molecule has 0 fully saturated rings. The molecule has 1 heterocycles. The summed E-state index contributed by atoms with van der Waals surface area (Å²) in [5, 5.41) is 0. The van der Waals surface area contributed by atoms with E-state index >= 15 is 0 Å². The summed E-state index contributed by atoms with van der Waals surface area (Å²) in [4.78, 5) is 13.2. The number of hydrogen-bond donors (Lipinski definition) is 0. The van der Waals surface area contributed by atoms with Crippen LogP contribution < -0.4 is 9.47 Å². The van der Waals surface area contributed by atoms with Gasteiger partial charge in [0.15, 0.2) is 0 Å². The molecule has 1 aromatic carbocycles. The third-order valence-corrected chi connectivity index (χ3v) is 10.1. The first kappa shape index (κ1) is 35.7. The molecule has 1 aliphatic heterocycles.